The van der Waals surface area contributed by atoms with Gasteiger partial charge in [-0.2, -0.15) is 0 Å². The van der Waals surface area contributed by atoms with Crippen LogP contribution in [0.5, 0.6) is 0 Å². The monoisotopic (exact) mass is 427 g/mol. The number of anilines is 1. The first-order valence-electron chi connectivity index (χ1n) is 7.99. The van der Waals surface area contributed by atoms with Crippen LogP contribution in [0.15, 0.2) is 64.6 Å². The highest BCUT2D eigenvalue weighted by Gasteiger charge is 2.37. The molecule has 4 rings (SSSR count). The minimum atomic E-state index is -0.723. The SMILES string of the molecule is O=C(Nc1nc(Br)cs1)C(c1ccccc1)N1Cc2ccccc2C1=O. The van der Waals surface area contributed by atoms with Gasteiger partial charge in [-0.05, 0) is 33.1 Å². The van der Waals surface area contributed by atoms with Crippen molar-refractivity contribution >= 4 is 44.2 Å². The van der Waals surface area contributed by atoms with Crippen molar-refractivity contribution in [1.29, 1.82) is 0 Å². The molecule has 2 heterocycles. The second-order valence-corrected chi connectivity index (χ2v) is 7.54. The van der Waals surface area contributed by atoms with Gasteiger partial charge in [-0.1, -0.05) is 48.5 Å². The number of fused-ring (bicyclic) bond motifs is 1. The van der Waals surface area contributed by atoms with E-state index in [2.05, 4.69) is 26.2 Å². The largest absolute Gasteiger partial charge is 0.318 e. The van der Waals surface area contributed by atoms with Crippen molar-refractivity contribution in [1.82, 2.24) is 9.88 Å². The predicted octanol–water partition coefficient (Wildman–Crippen LogP) is 4.24. The van der Waals surface area contributed by atoms with Gasteiger partial charge in [0.2, 0.25) is 0 Å². The quantitative estimate of drug-likeness (QED) is 0.676. The number of nitrogens with one attached hydrogen (secondary N) is 1. The Bertz CT molecular complexity index is 974. The number of nitrogens with zero attached hydrogens (tertiary/aromatic N) is 2. The summed E-state index contributed by atoms with van der Waals surface area (Å²) in [6.07, 6.45) is 0. The summed E-state index contributed by atoms with van der Waals surface area (Å²) in [6.45, 7) is 0.406. The molecule has 26 heavy (non-hydrogen) atoms. The van der Waals surface area contributed by atoms with E-state index in [1.807, 2.05) is 48.5 Å². The van der Waals surface area contributed by atoms with E-state index in [0.717, 1.165) is 11.1 Å². The molecule has 5 nitrogen and oxygen atoms in total. The maximum Gasteiger partial charge on any atom is 0.255 e. The summed E-state index contributed by atoms with van der Waals surface area (Å²) in [5, 5.41) is 5.12. The molecule has 1 aliphatic rings. The first kappa shape index (κ1) is 16.9. The molecule has 0 spiro atoms. The Morgan fingerprint density at radius 2 is 1.88 bits per heavy atom. The fourth-order valence-corrected chi connectivity index (χ4v) is 4.23. The minimum absolute atomic E-state index is 0.134. The molecule has 0 aliphatic carbocycles. The highest BCUT2D eigenvalue weighted by molar-refractivity contribution is 9.10. The van der Waals surface area contributed by atoms with Crippen LogP contribution in [0.4, 0.5) is 5.13 Å². The molecule has 7 heteroatoms. The second-order valence-electron chi connectivity index (χ2n) is 5.87. The Labute approximate surface area is 162 Å². The number of benzene rings is 2. The van der Waals surface area contributed by atoms with E-state index in [1.165, 1.54) is 11.3 Å². The smallest absolute Gasteiger partial charge is 0.255 e. The average Bonchev–Trinajstić information content (AvgIpc) is 3.20. The number of carbonyl (C=O) groups excluding carboxylic acids is 2. The van der Waals surface area contributed by atoms with Crippen LogP contribution in [0.3, 0.4) is 0 Å². The zero-order chi connectivity index (χ0) is 18.1. The number of carbonyl (C=O) groups is 2. The van der Waals surface area contributed by atoms with E-state index in [0.29, 0.717) is 21.8 Å². The van der Waals surface area contributed by atoms with Crippen LogP contribution in [-0.4, -0.2) is 21.7 Å². The standard InChI is InChI=1S/C19H14BrN3O2S/c20-15-11-26-19(21-15)22-17(24)16(12-6-2-1-3-7-12)23-10-13-8-4-5-9-14(13)18(23)25/h1-9,11,16H,10H2,(H,21,22,24). The van der Waals surface area contributed by atoms with Gasteiger partial charge in [-0.25, -0.2) is 4.98 Å². The van der Waals surface area contributed by atoms with Gasteiger partial charge < -0.3 is 4.90 Å². The Balaban J connectivity index is 1.68. The predicted molar refractivity (Wildman–Crippen MR) is 104 cm³/mol. The summed E-state index contributed by atoms with van der Waals surface area (Å²) in [5.74, 6) is -0.413. The lowest BCUT2D eigenvalue weighted by Crippen LogP contribution is -2.37. The van der Waals surface area contributed by atoms with Gasteiger partial charge in [0, 0.05) is 17.5 Å². The van der Waals surface area contributed by atoms with Crippen LogP contribution in [0.25, 0.3) is 0 Å². The van der Waals surface area contributed by atoms with Crippen LogP contribution >= 0.6 is 27.3 Å². The molecule has 0 radical (unpaired) electrons. The minimum Gasteiger partial charge on any atom is -0.318 e. The summed E-state index contributed by atoms with van der Waals surface area (Å²) < 4.78 is 0.665. The van der Waals surface area contributed by atoms with Gasteiger partial charge in [0.1, 0.15) is 10.6 Å². The van der Waals surface area contributed by atoms with E-state index in [1.54, 1.807) is 16.3 Å². The third-order valence-electron chi connectivity index (χ3n) is 4.23. The maximum atomic E-state index is 13.1. The van der Waals surface area contributed by atoms with Crippen LogP contribution in [0, 0.1) is 0 Å². The van der Waals surface area contributed by atoms with E-state index in [-0.39, 0.29) is 11.8 Å². The van der Waals surface area contributed by atoms with Gasteiger partial charge in [-0.15, -0.1) is 11.3 Å². The van der Waals surface area contributed by atoms with Gasteiger partial charge in [0.05, 0.1) is 0 Å². The summed E-state index contributed by atoms with van der Waals surface area (Å²) in [5.41, 5.74) is 2.35. The molecule has 0 fully saturated rings. The number of rotatable bonds is 4. The number of halogens is 1. The Morgan fingerprint density at radius 1 is 1.15 bits per heavy atom. The first-order chi connectivity index (χ1) is 12.6. The van der Waals surface area contributed by atoms with Gasteiger partial charge in [-0.3, -0.25) is 14.9 Å². The van der Waals surface area contributed by atoms with Crippen LogP contribution in [0.2, 0.25) is 0 Å². The average molecular weight is 428 g/mol. The Morgan fingerprint density at radius 3 is 2.58 bits per heavy atom. The summed E-state index contributed by atoms with van der Waals surface area (Å²) >= 11 is 4.61. The number of amides is 2. The Hall–Kier alpha value is -2.51. The fourth-order valence-electron chi connectivity index (χ4n) is 3.08. The van der Waals surface area contributed by atoms with E-state index >= 15 is 0 Å². The molecular formula is C19H14BrN3O2S. The Kier molecular flexibility index (Phi) is 4.57. The summed E-state index contributed by atoms with van der Waals surface area (Å²) in [6, 6.07) is 16.1. The van der Waals surface area contributed by atoms with Crippen molar-refractivity contribution in [2.45, 2.75) is 12.6 Å². The number of hydrogen-bond donors (Lipinski definition) is 1. The molecule has 1 aromatic heterocycles. The maximum absolute atomic E-state index is 13.1. The molecule has 0 saturated carbocycles. The highest BCUT2D eigenvalue weighted by atomic mass is 79.9. The van der Waals surface area contributed by atoms with Crippen molar-refractivity contribution < 1.29 is 9.59 Å². The van der Waals surface area contributed by atoms with Crippen molar-refractivity contribution in [3.05, 3.63) is 81.3 Å². The lowest BCUT2D eigenvalue weighted by atomic mass is 10.0. The van der Waals surface area contributed by atoms with Crippen LogP contribution < -0.4 is 5.32 Å². The molecule has 0 bridgehead atoms. The molecule has 1 unspecified atom stereocenters. The first-order valence-corrected chi connectivity index (χ1v) is 9.66. The van der Waals surface area contributed by atoms with Crippen molar-refractivity contribution in [3.63, 3.8) is 0 Å². The summed E-state index contributed by atoms with van der Waals surface area (Å²) in [4.78, 5) is 31.8. The number of hydrogen-bond acceptors (Lipinski definition) is 4. The van der Waals surface area contributed by atoms with Crippen LogP contribution in [0.1, 0.15) is 27.5 Å². The molecule has 1 aliphatic heterocycles. The molecule has 1 N–H and O–H groups in total. The normalized spacial score (nSPS) is 14.2. The molecule has 130 valence electrons. The zero-order valence-corrected chi connectivity index (χ0v) is 16.0. The highest BCUT2D eigenvalue weighted by Crippen LogP contribution is 2.32. The summed E-state index contributed by atoms with van der Waals surface area (Å²) in [7, 11) is 0. The van der Waals surface area contributed by atoms with Crippen LogP contribution in [-0.2, 0) is 11.3 Å². The molecule has 2 amide bonds. The van der Waals surface area contributed by atoms with Crippen molar-refractivity contribution in [2.75, 3.05) is 5.32 Å². The number of aromatic nitrogens is 1. The molecular weight excluding hydrogens is 414 g/mol. The molecule has 2 aromatic carbocycles. The topological polar surface area (TPSA) is 62.3 Å². The molecule has 1 atom stereocenters. The third-order valence-corrected chi connectivity index (χ3v) is 5.70. The molecule has 3 aromatic rings. The van der Waals surface area contributed by atoms with E-state index < -0.39 is 6.04 Å². The third kappa shape index (κ3) is 3.15. The lowest BCUT2D eigenvalue weighted by molar-refractivity contribution is -0.120. The van der Waals surface area contributed by atoms with E-state index in [9.17, 15) is 9.59 Å². The van der Waals surface area contributed by atoms with E-state index in [4.69, 9.17) is 0 Å². The van der Waals surface area contributed by atoms with Crippen molar-refractivity contribution in [3.8, 4) is 0 Å². The zero-order valence-electron chi connectivity index (χ0n) is 13.6. The van der Waals surface area contributed by atoms with Crippen molar-refractivity contribution in [2.24, 2.45) is 0 Å². The number of thiazole rings is 1. The van der Waals surface area contributed by atoms with Gasteiger partial charge in [0.25, 0.3) is 11.8 Å². The van der Waals surface area contributed by atoms with Gasteiger partial charge in [0.15, 0.2) is 5.13 Å². The molecule has 0 saturated heterocycles. The lowest BCUT2D eigenvalue weighted by Gasteiger charge is -2.27. The fraction of sp³-hybridized carbons (Fsp3) is 0.105. The second kappa shape index (κ2) is 7.01. The van der Waals surface area contributed by atoms with Gasteiger partial charge >= 0.3 is 0 Å².